The summed E-state index contributed by atoms with van der Waals surface area (Å²) in [5.41, 5.74) is 10.8. The summed E-state index contributed by atoms with van der Waals surface area (Å²) in [4.78, 5) is 0. The van der Waals surface area contributed by atoms with Gasteiger partial charge < -0.3 is 0 Å². The quantitative estimate of drug-likeness (QED) is 0.189. The molecule has 3 rings (SSSR count). The number of hydrazine groups is 3. The molecule has 0 aromatic carbocycles. The van der Waals surface area contributed by atoms with Crippen molar-refractivity contribution in [2.24, 2.45) is 0 Å². The van der Waals surface area contributed by atoms with Gasteiger partial charge in [-0.3, -0.25) is 0 Å². The predicted molar refractivity (Wildman–Crippen MR) is 180 cm³/mol. The zero-order valence-electron chi connectivity index (χ0n) is 22.7. The molecule has 0 saturated carbocycles. The molecule has 3 aliphatic heterocycles. The number of nitrogens with zero attached hydrogens (tertiary/aromatic N) is 3. The summed E-state index contributed by atoms with van der Waals surface area (Å²) >= 11 is 15.5. The van der Waals surface area contributed by atoms with E-state index in [1.54, 1.807) is 0 Å². The molecule has 0 aromatic heterocycles. The van der Waals surface area contributed by atoms with Gasteiger partial charge in [-0.2, -0.15) is 0 Å². The molecular weight excluding hydrogens is 634 g/mol. The first kappa shape index (κ1) is 32.7. The Morgan fingerprint density at radius 1 is 0.595 bits per heavy atom. The van der Waals surface area contributed by atoms with E-state index in [9.17, 15) is 0 Å². The van der Waals surface area contributed by atoms with Crippen LogP contribution in [0.4, 0.5) is 0 Å². The van der Waals surface area contributed by atoms with Gasteiger partial charge in [0.2, 0.25) is 0 Å². The zero-order valence-corrected chi connectivity index (χ0v) is 30.0. The van der Waals surface area contributed by atoms with Gasteiger partial charge in [0.25, 0.3) is 0 Å². The zero-order chi connectivity index (χ0) is 26.6. The van der Waals surface area contributed by atoms with Crippen molar-refractivity contribution in [3.63, 3.8) is 0 Å². The maximum absolute atomic E-state index is 5.90. The molecule has 6 nitrogen and oxygen atoms in total. The van der Waals surface area contributed by atoms with Crippen molar-refractivity contribution >= 4 is 91.2 Å². The van der Waals surface area contributed by atoms with E-state index in [0.29, 0.717) is 18.1 Å². The Bertz CT molecular complexity index is 653. The SMILES string of the molecule is CCC1CCCCN1NC(=S)[S][Ga]([S]C(=S)NN1CCCCC1CC)[S]C(=S)NN1CCCCC1CC. The minimum absolute atomic E-state index is 0.569. The van der Waals surface area contributed by atoms with Crippen molar-refractivity contribution in [1.82, 2.24) is 31.3 Å². The van der Waals surface area contributed by atoms with Crippen LogP contribution < -0.4 is 16.3 Å². The van der Waals surface area contributed by atoms with Gasteiger partial charge in [0.1, 0.15) is 0 Å². The molecule has 0 spiro atoms. The van der Waals surface area contributed by atoms with Gasteiger partial charge in [-0.1, -0.05) is 0 Å². The summed E-state index contributed by atoms with van der Waals surface area (Å²) in [6, 6.07) is 1.71. The van der Waals surface area contributed by atoms with Gasteiger partial charge >= 0.3 is 258 Å². The molecule has 3 heterocycles. The Hall–Kier alpha value is 1.24. The fourth-order valence-electron chi connectivity index (χ4n) is 5.48. The monoisotopic (exact) mass is 678 g/mol. The third-order valence-electron chi connectivity index (χ3n) is 7.61. The average molecular weight is 680 g/mol. The second kappa shape index (κ2) is 17.9. The van der Waals surface area contributed by atoms with Gasteiger partial charge in [0.15, 0.2) is 0 Å². The fraction of sp³-hybridized carbons (Fsp3) is 0.875. The fourth-order valence-corrected chi connectivity index (χ4v) is 33.7. The van der Waals surface area contributed by atoms with Crippen molar-refractivity contribution < 1.29 is 0 Å². The van der Waals surface area contributed by atoms with E-state index < -0.39 is 12.5 Å². The first-order chi connectivity index (χ1) is 17.9. The normalized spacial score (nSPS) is 25.9. The van der Waals surface area contributed by atoms with Crippen LogP contribution in [0.2, 0.25) is 0 Å². The van der Waals surface area contributed by atoms with Crippen LogP contribution >= 0.6 is 65.7 Å². The topological polar surface area (TPSA) is 45.8 Å². The molecule has 0 radical (unpaired) electrons. The van der Waals surface area contributed by atoms with E-state index in [4.69, 9.17) is 36.7 Å². The number of rotatable bonds is 9. The molecule has 3 N–H and O–H groups in total. The van der Waals surface area contributed by atoms with E-state index in [-0.39, 0.29) is 0 Å². The Labute approximate surface area is 256 Å². The predicted octanol–water partition coefficient (Wildman–Crippen LogP) is 6.33. The Kier molecular flexibility index (Phi) is 15.9. The second-order valence-corrected chi connectivity index (χ2v) is 31.7. The average Bonchev–Trinajstić information content (AvgIpc) is 2.89. The summed E-state index contributed by atoms with van der Waals surface area (Å²) in [6.07, 6.45) is 14.8. The van der Waals surface area contributed by atoms with Crippen LogP contribution in [0.3, 0.4) is 0 Å². The molecule has 3 atom stereocenters. The minimum atomic E-state index is -2.24. The number of nitrogens with one attached hydrogen (secondary N) is 3. The van der Waals surface area contributed by atoms with Crippen molar-refractivity contribution in [2.45, 2.75) is 116 Å². The van der Waals surface area contributed by atoms with Crippen LogP contribution in [0.15, 0.2) is 0 Å². The molecule has 0 aliphatic carbocycles. The first-order valence-corrected chi connectivity index (χ1v) is 26.9. The number of hydrogen-bond acceptors (Lipinski definition) is 9. The van der Waals surface area contributed by atoms with Crippen molar-refractivity contribution in [1.29, 1.82) is 0 Å². The van der Waals surface area contributed by atoms with E-state index in [0.717, 1.165) is 51.9 Å². The Morgan fingerprint density at radius 3 is 1.16 bits per heavy atom. The third-order valence-corrected chi connectivity index (χ3v) is 30.6. The molecule has 0 bridgehead atoms. The van der Waals surface area contributed by atoms with Crippen molar-refractivity contribution in [2.75, 3.05) is 19.6 Å². The number of hydrogen-bond donors (Lipinski definition) is 3. The van der Waals surface area contributed by atoms with Gasteiger partial charge in [0.05, 0.1) is 0 Å². The summed E-state index contributed by atoms with van der Waals surface area (Å²) in [5, 5.41) is 7.12. The molecule has 13 heteroatoms. The third kappa shape index (κ3) is 11.2. The van der Waals surface area contributed by atoms with Crippen LogP contribution in [0, 0.1) is 0 Å². The molecule has 3 unspecified atom stereocenters. The van der Waals surface area contributed by atoms with E-state index >= 15 is 0 Å². The van der Waals surface area contributed by atoms with Gasteiger partial charge in [0, 0.05) is 0 Å². The molecule has 3 fully saturated rings. The van der Waals surface area contributed by atoms with E-state index in [2.05, 4.69) is 52.1 Å². The van der Waals surface area contributed by atoms with Crippen LogP contribution in [0.5, 0.6) is 0 Å². The summed E-state index contributed by atoms with van der Waals surface area (Å²) in [5.74, 6) is 0. The Balaban J connectivity index is 1.60. The Morgan fingerprint density at radius 2 is 0.892 bits per heavy atom. The van der Waals surface area contributed by atoms with Crippen LogP contribution in [-0.2, 0) is 0 Å². The maximum atomic E-state index is 5.90. The molecule has 210 valence electrons. The molecule has 0 aromatic rings. The van der Waals surface area contributed by atoms with Gasteiger partial charge in [-0.25, -0.2) is 0 Å². The number of piperidine rings is 3. The number of thiocarbonyl (C=S) groups is 3. The summed E-state index contributed by atoms with van der Waals surface area (Å²) in [7, 11) is 5.53. The molecular formula is C24H45GaN6S6. The van der Waals surface area contributed by atoms with E-state index in [1.807, 2.05) is 29.1 Å². The van der Waals surface area contributed by atoms with Gasteiger partial charge in [-0.05, 0) is 0 Å². The molecule has 37 heavy (non-hydrogen) atoms. The van der Waals surface area contributed by atoms with Crippen LogP contribution in [0.25, 0.3) is 0 Å². The van der Waals surface area contributed by atoms with Crippen molar-refractivity contribution in [3.05, 3.63) is 0 Å². The van der Waals surface area contributed by atoms with E-state index in [1.165, 1.54) is 57.8 Å². The van der Waals surface area contributed by atoms with Crippen LogP contribution in [0.1, 0.15) is 97.8 Å². The summed E-state index contributed by atoms with van der Waals surface area (Å²) < 4.78 is 2.64. The molecule has 0 amide bonds. The van der Waals surface area contributed by atoms with Crippen molar-refractivity contribution in [3.8, 4) is 0 Å². The molecule has 3 saturated heterocycles. The molecule has 3 aliphatic rings. The van der Waals surface area contributed by atoms with Gasteiger partial charge in [-0.15, -0.1) is 0 Å². The van der Waals surface area contributed by atoms with Crippen LogP contribution in [-0.4, -0.2) is 78.3 Å². The second-order valence-electron chi connectivity index (χ2n) is 10.1. The standard InChI is InChI=1S/3C8H16N2S2.Ga/c3*1-2-7-5-3-4-6-10(7)9-8(11)12;/h3*7H,2-6H2,1H3,(H2,9,11,12);/q;;;+3/p-3. The summed E-state index contributed by atoms with van der Waals surface area (Å²) in [6.45, 7) is 10.0. The first-order valence-electron chi connectivity index (χ1n) is 14.1.